The van der Waals surface area contributed by atoms with Gasteiger partial charge in [0.2, 0.25) is 0 Å². The molecule has 15 heavy (non-hydrogen) atoms. The highest BCUT2D eigenvalue weighted by Crippen LogP contribution is 2.00. The summed E-state index contributed by atoms with van der Waals surface area (Å²) >= 11 is 0. The van der Waals surface area contributed by atoms with Gasteiger partial charge in [-0.05, 0) is 24.5 Å². The van der Waals surface area contributed by atoms with Gasteiger partial charge in [0.15, 0.2) is 0 Å². The molecule has 2 N–H and O–H groups in total. The zero-order valence-corrected chi connectivity index (χ0v) is 8.10. The van der Waals surface area contributed by atoms with Crippen molar-refractivity contribution >= 4 is 5.97 Å². The summed E-state index contributed by atoms with van der Waals surface area (Å²) in [5, 5.41) is 17.2. The van der Waals surface area contributed by atoms with E-state index in [4.69, 9.17) is 10.2 Å². The maximum Gasteiger partial charge on any atom is 0.335 e. The van der Waals surface area contributed by atoms with Crippen molar-refractivity contribution in [2.24, 2.45) is 0 Å². The van der Waals surface area contributed by atoms with Gasteiger partial charge in [-0.1, -0.05) is 5.92 Å². The average Bonchev–Trinajstić information content (AvgIpc) is 2.25. The minimum atomic E-state index is -0.990. The Bertz CT molecular complexity index is 404. The first-order valence-electron chi connectivity index (χ1n) is 4.53. The molecule has 0 aliphatic heterocycles. The number of nitrogens with zero attached hydrogens (tertiary/aromatic N) is 1. The van der Waals surface area contributed by atoms with Crippen LogP contribution in [0.2, 0.25) is 0 Å². The fourth-order valence-corrected chi connectivity index (χ4v) is 0.952. The molecular formula is C11H11NO3. The quantitative estimate of drug-likeness (QED) is 0.568. The number of hydrogen-bond acceptors (Lipinski definition) is 3. The zero-order chi connectivity index (χ0) is 11.1. The van der Waals surface area contributed by atoms with E-state index in [1.54, 1.807) is 0 Å². The van der Waals surface area contributed by atoms with Gasteiger partial charge in [-0.2, -0.15) is 0 Å². The van der Waals surface area contributed by atoms with Crippen LogP contribution in [0.5, 0.6) is 0 Å². The Morgan fingerprint density at radius 2 is 2.33 bits per heavy atom. The number of carboxylic acids is 1. The number of aliphatic hydroxyl groups is 1. The van der Waals surface area contributed by atoms with Crippen molar-refractivity contribution in [1.82, 2.24) is 4.98 Å². The second-order valence-corrected chi connectivity index (χ2v) is 2.86. The van der Waals surface area contributed by atoms with Gasteiger partial charge in [-0.25, -0.2) is 9.78 Å². The summed E-state index contributed by atoms with van der Waals surface area (Å²) in [7, 11) is 0. The first-order valence-corrected chi connectivity index (χ1v) is 4.53. The van der Waals surface area contributed by atoms with E-state index in [9.17, 15) is 4.79 Å². The Hall–Kier alpha value is -1.86. The molecule has 1 aromatic heterocycles. The van der Waals surface area contributed by atoms with Crippen LogP contribution < -0.4 is 0 Å². The summed E-state index contributed by atoms with van der Waals surface area (Å²) in [6, 6.07) is 2.84. The first-order chi connectivity index (χ1) is 7.24. The van der Waals surface area contributed by atoms with Gasteiger partial charge < -0.3 is 10.2 Å². The monoisotopic (exact) mass is 205 g/mol. The molecule has 0 aromatic carbocycles. The number of hydrogen-bond donors (Lipinski definition) is 2. The van der Waals surface area contributed by atoms with Crippen molar-refractivity contribution in [2.45, 2.75) is 12.8 Å². The largest absolute Gasteiger partial charge is 0.478 e. The Kier molecular flexibility index (Phi) is 4.32. The van der Waals surface area contributed by atoms with Crippen LogP contribution in [0.4, 0.5) is 0 Å². The Labute approximate surface area is 87.6 Å². The molecule has 0 atom stereocenters. The summed E-state index contributed by atoms with van der Waals surface area (Å²) < 4.78 is 0. The fourth-order valence-electron chi connectivity index (χ4n) is 0.952. The number of aromatic nitrogens is 1. The highest BCUT2D eigenvalue weighted by atomic mass is 16.4. The van der Waals surface area contributed by atoms with Crippen LogP contribution in [-0.4, -0.2) is 27.8 Å². The van der Waals surface area contributed by atoms with Gasteiger partial charge in [0.05, 0.1) is 5.56 Å². The Morgan fingerprint density at radius 1 is 1.53 bits per heavy atom. The number of pyridine rings is 1. The van der Waals surface area contributed by atoms with Gasteiger partial charge in [0.1, 0.15) is 5.69 Å². The third kappa shape index (κ3) is 3.79. The van der Waals surface area contributed by atoms with Crippen LogP contribution in [0.1, 0.15) is 28.9 Å². The van der Waals surface area contributed by atoms with Gasteiger partial charge in [-0.15, -0.1) is 0 Å². The zero-order valence-electron chi connectivity index (χ0n) is 8.10. The summed E-state index contributed by atoms with van der Waals surface area (Å²) in [5.74, 6) is 4.55. The molecule has 0 aliphatic carbocycles. The van der Waals surface area contributed by atoms with E-state index in [0.29, 0.717) is 18.5 Å². The standard InChI is InChI=1S/C11H11NO3/c13-7-3-1-2-4-10-8-9(11(14)15)5-6-12-10/h5-6,8,13H,1,3,7H2,(H,14,15). The molecule has 0 saturated carbocycles. The van der Waals surface area contributed by atoms with E-state index in [0.717, 1.165) is 0 Å². The fraction of sp³-hybridized carbons (Fsp3) is 0.273. The highest BCUT2D eigenvalue weighted by Gasteiger charge is 2.01. The maximum absolute atomic E-state index is 10.6. The summed E-state index contributed by atoms with van der Waals surface area (Å²) in [6.45, 7) is 0.108. The minimum absolute atomic E-state index is 0.108. The SMILES string of the molecule is O=C(O)c1ccnc(C#CCCCO)c1. The molecule has 1 aromatic rings. The van der Waals surface area contributed by atoms with Gasteiger partial charge in [0, 0.05) is 19.2 Å². The minimum Gasteiger partial charge on any atom is -0.478 e. The number of rotatable bonds is 3. The van der Waals surface area contributed by atoms with Crippen molar-refractivity contribution in [3.05, 3.63) is 29.6 Å². The molecule has 4 heteroatoms. The third-order valence-electron chi connectivity index (χ3n) is 1.68. The van der Waals surface area contributed by atoms with Crippen molar-refractivity contribution < 1.29 is 15.0 Å². The van der Waals surface area contributed by atoms with Crippen LogP contribution in [0.3, 0.4) is 0 Å². The molecule has 78 valence electrons. The number of unbranched alkanes of at least 4 members (excludes halogenated alkanes) is 1. The Morgan fingerprint density at radius 3 is 3.00 bits per heavy atom. The van der Waals surface area contributed by atoms with Crippen LogP contribution in [0.15, 0.2) is 18.3 Å². The molecule has 0 amide bonds. The molecule has 0 radical (unpaired) electrons. The molecular weight excluding hydrogens is 194 g/mol. The lowest BCUT2D eigenvalue weighted by molar-refractivity contribution is 0.0696. The summed E-state index contributed by atoms with van der Waals surface area (Å²) in [6.07, 6.45) is 2.61. The summed E-state index contributed by atoms with van der Waals surface area (Å²) in [4.78, 5) is 14.5. The van der Waals surface area contributed by atoms with Crippen LogP contribution >= 0.6 is 0 Å². The molecule has 1 rings (SSSR count). The second-order valence-electron chi connectivity index (χ2n) is 2.86. The van der Waals surface area contributed by atoms with Crippen LogP contribution in [-0.2, 0) is 0 Å². The normalized spacial score (nSPS) is 9.13. The van der Waals surface area contributed by atoms with Crippen molar-refractivity contribution in [3.63, 3.8) is 0 Å². The molecule has 0 fully saturated rings. The van der Waals surface area contributed by atoms with E-state index in [2.05, 4.69) is 16.8 Å². The van der Waals surface area contributed by atoms with E-state index in [1.807, 2.05) is 0 Å². The lowest BCUT2D eigenvalue weighted by Gasteiger charge is -1.93. The van der Waals surface area contributed by atoms with Crippen LogP contribution in [0.25, 0.3) is 0 Å². The number of carboxylic acid groups (broad SMARTS) is 1. The van der Waals surface area contributed by atoms with Crippen molar-refractivity contribution in [2.75, 3.05) is 6.61 Å². The van der Waals surface area contributed by atoms with Crippen molar-refractivity contribution in [1.29, 1.82) is 0 Å². The van der Waals surface area contributed by atoms with E-state index < -0.39 is 5.97 Å². The molecule has 0 saturated heterocycles. The number of aromatic carboxylic acids is 1. The lowest BCUT2D eigenvalue weighted by atomic mass is 10.2. The smallest absolute Gasteiger partial charge is 0.335 e. The van der Waals surface area contributed by atoms with E-state index >= 15 is 0 Å². The molecule has 1 heterocycles. The Balaban J connectivity index is 2.72. The number of carbonyl (C=O) groups is 1. The molecule has 4 nitrogen and oxygen atoms in total. The maximum atomic E-state index is 10.6. The molecule has 0 unspecified atom stereocenters. The molecule has 0 aliphatic rings. The predicted molar refractivity (Wildman–Crippen MR) is 54.4 cm³/mol. The van der Waals surface area contributed by atoms with Gasteiger partial charge in [-0.3, -0.25) is 0 Å². The molecule has 0 bridgehead atoms. The molecule has 0 spiro atoms. The van der Waals surface area contributed by atoms with Crippen molar-refractivity contribution in [3.8, 4) is 11.8 Å². The number of aliphatic hydroxyl groups excluding tert-OH is 1. The van der Waals surface area contributed by atoms with Crippen LogP contribution in [0, 0.1) is 11.8 Å². The second kappa shape index (κ2) is 5.78. The average molecular weight is 205 g/mol. The first kappa shape index (κ1) is 11.2. The summed E-state index contributed by atoms with van der Waals surface area (Å²) in [5.41, 5.74) is 0.615. The topological polar surface area (TPSA) is 70.4 Å². The van der Waals surface area contributed by atoms with E-state index in [-0.39, 0.29) is 12.2 Å². The van der Waals surface area contributed by atoms with E-state index in [1.165, 1.54) is 18.3 Å². The lowest BCUT2D eigenvalue weighted by Crippen LogP contribution is -1.97. The van der Waals surface area contributed by atoms with Gasteiger partial charge >= 0.3 is 5.97 Å². The highest BCUT2D eigenvalue weighted by molar-refractivity contribution is 5.87. The predicted octanol–water partition coefficient (Wildman–Crippen LogP) is 0.904. The van der Waals surface area contributed by atoms with Gasteiger partial charge in [0.25, 0.3) is 0 Å². The third-order valence-corrected chi connectivity index (χ3v) is 1.68.